The van der Waals surface area contributed by atoms with Gasteiger partial charge in [0.25, 0.3) is 8.32 Å². The van der Waals surface area contributed by atoms with Crippen molar-refractivity contribution in [2.45, 2.75) is 155 Å². The second-order valence-corrected chi connectivity index (χ2v) is 23.5. The summed E-state index contributed by atoms with van der Waals surface area (Å²) in [6.07, 6.45) is -8.55. The van der Waals surface area contributed by atoms with E-state index < -0.39 is 81.7 Å². The van der Waals surface area contributed by atoms with Crippen LogP contribution < -0.4 is 10.4 Å². The van der Waals surface area contributed by atoms with Crippen LogP contribution in [0.1, 0.15) is 111 Å². The van der Waals surface area contributed by atoms with Crippen LogP contribution in [0.2, 0.25) is 5.04 Å². The monoisotopic (exact) mass is 958 g/mol. The Balaban J connectivity index is 1.85. The summed E-state index contributed by atoms with van der Waals surface area (Å²) in [4.78, 5) is 55.9. The highest BCUT2D eigenvalue weighted by Crippen LogP contribution is 2.55. The molecule has 4 aromatic carbocycles. The lowest BCUT2D eigenvalue weighted by Crippen LogP contribution is -2.74. The quantitative estimate of drug-likeness (QED) is 0.0283. The van der Waals surface area contributed by atoms with E-state index in [0.29, 0.717) is 36.8 Å². The van der Waals surface area contributed by atoms with Gasteiger partial charge < -0.3 is 23.4 Å². The van der Waals surface area contributed by atoms with Crippen molar-refractivity contribution in [1.29, 1.82) is 0 Å². The Morgan fingerprint density at radius 3 is 1.09 bits per heavy atom. The maximum atomic E-state index is 15.5. The number of hydrogen-bond donors (Lipinski definition) is 0. The Morgan fingerprint density at radius 1 is 0.463 bits per heavy atom. The standard InChI is InChI=1S/C52H67O13PSi/c1-8-24-42(53)60-46-47(61-43(54)25-9-2)50(64-66(57,58-36-38-28-16-12-17-29-38)59-37-39-30-18-13-19-31-39)49(63-45(56)27-11-4)51(48(46)62-44(55)26-10-3)65-67(52(5,6)7,40-32-20-14-21-33-40)41-34-22-15-23-35-41/h12-23,28-35,46-51H,8-11,24-27,36-37H2,1-7H3/t46-,47-,48+,49+,50+,51-/m0/s1. The van der Waals surface area contributed by atoms with Crippen LogP contribution in [0.4, 0.5) is 0 Å². The summed E-state index contributed by atoms with van der Waals surface area (Å²) in [5.41, 5.74) is 1.27. The first-order valence-electron chi connectivity index (χ1n) is 23.4. The summed E-state index contributed by atoms with van der Waals surface area (Å²) < 4.78 is 67.8. The van der Waals surface area contributed by atoms with E-state index in [1.807, 2.05) is 107 Å². The molecule has 0 aliphatic heterocycles. The van der Waals surface area contributed by atoms with Gasteiger partial charge in [0.2, 0.25) is 0 Å². The summed E-state index contributed by atoms with van der Waals surface area (Å²) in [6.45, 7) is 12.9. The van der Waals surface area contributed by atoms with Crippen molar-refractivity contribution in [1.82, 2.24) is 0 Å². The average molecular weight is 959 g/mol. The molecule has 362 valence electrons. The molecule has 0 unspecified atom stereocenters. The summed E-state index contributed by atoms with van der Waals surface area (Å²) in [5.74, 6) is -2.79. The highest BCUT2D eigenvalue weighted by Gasteiger charge is 2.64. The second-order valence-electron chi connectivity index (χ2n) is 17.6. The average Bonchev–Trinajstić information content (AvgIpc) is 3.31. The highest BCUT2D eigenvalue weighted by molar-refractivity contribution is 7.48. The molecular formula is C52H67O13PSi. The third kappa shape index (κ3) is 14.3. The van der Waals surface area contributed by atoms with Gasteiger partial charge >= 0.3 is 31.7 Å². The topological polar surface area (TPSA) is 159 Å². The molecule has 13 nitrogen and oxygen atoms in total. The number of ether oxygens (including phenoxy) is 4. The predicted molar refractivity (Wildman–Crippen MR) is 257 cm³/mol. The molecule has 67 heavy (non-hydrogen) atoms. The number of rotatable bonds is 24. The van der Waals surface area contributed by atoms with E-state index in [1.165, 1.54) is 0 Å². The molecule has 0 N–H and O–H groups in total. The smallest absolute Gasteiger partial charge is 0.457 e. The summed E-state index contributed by atoms with van der Waals surface area (Å²) >= 11 is 0. The minimum atomic E-state index is -4.84. The van der Waals surface area contributed by atoms with E-state index >= 15 is 4.57 Å². The fourth-order valence-corrected chi connectivity index (χ4v) is 14.2. The molecule has 0 bridgehead atoms. The molecule has 0 aromatic heterocycles. The number of phosphoric acid groups is 1. The van der Waals surface area contributed by atoms with Crippen molar-refractivity contribution in [3.8, 4) is 0 Å². The minimum Gasteiger partial charge on any atom is -0.457 e. The lowest BCUT2D eigenvalue weighted by Gasteiger charge is -2.52. The van der Waals surface area contributed by atoms with E-state index in [0.717, 1.165) is 10.4 Å². The van der Waals surface area contributed by atoms with Crippen LogP contribution in [0.15, 0.2) is 121 Å². The third-order valence-electron chi connectivity index (χ3n) is 11.3. The molecule has 0 heterocycles. The van der Waals surface area contributed by atoms with E-state index in [9.17, 15) is 19.2 Å². The Labute approximate surface area is 396 Å². The number of phosphoric ester groups is 1. The number of hydrogen-bond acceptors (Lipinski definition) is 13. The summed E-state index contributed by atoms with van der Waals surface area (Å²) in [7, 11) is -8.58. The van der Waals surface area contributed by atoms with Gasteiger partial charge in [0.1, 0.15) is 12.2 Å². The van der Waals surface area contributed by atoms with Gasteiger partial charge in [-0.15, -0.1) is 0 Å². The molecule has 1 fully saturated rings. The van der Waals surface area contributed by atoms with Gasteiger partial charge in [0, 0.05) is 25.7 Å². The molecule has 0 radical (unpaired) electrons. The van der Waals surface area contributed by atoms with Gasteiger partial charge in [-0.2, -0.15) is 0 Å². The molecular weight excluding hydrogens is 892 g/mol. The van der Waals surface area contributed by atoms with Crippen molar-refractivity contribution in [3.63, 3.8) is 0 Å². The Hall–Kier alpha value is -4.95. The predicted octanol–water partition coefficient (Wildman–Crippen LogP) is 9.72. The molecule has 5 rings (SSSR count). The van der Waals surface area contributed by atoms with Crippen LogP contribution in [0.3, 0.4) is 0 Å². The molecule has 4 aromatic rings. The largest absolute Gasteiger partial charge is 0.475 e. The fraction of sp³-hybridized carbons (Fsp3) is 0.462. The lowest BCUT2D eigenvalue weighted by atomic mass is 9.84. The van der Waals surface area contributed by atoms with Crippen LogP contribution in [0.25, 0.3) is 0 Å². The second kappa shape index (κ2) is 25.4. The fourth-order valence-electron chi connectivity index (χ4n) is 8.17. The zero-order valence-electron chi connectivity index (χ0n) is 39.8. The summed E-state index contributed by atoms with van der Waals surface area (Å²) in [5, 5.41) is 0.943. The van der Waals surface area contributed by atoms with Gasteiger partial charge in [-0.3, -0.25) is 32.7 Å². The van der Waals surface area contributed by atoms with Crippen molar-refractivity contribution in [3.05, 3.63) is 132 Å². The van der Waals surface area contributed by atoms with Gasteiger partial charge in [0.15, 0.2) is 24.4 Å². The first-order chi connectivity index (χ1) is 32.2. The van der Waals surface area contributed by atoms with Crippen molar-refractivity contribution >= 4 is 50.4 Å². The van der Waals surface area contributed by atoms with Crippen molar-refractivity contribution in [2.75, 3.05) is 0 Å². The molecule has 0 saturated heterocycles. The SMILES string of the molecule is CCCC(=O)O[C@@H]1[C@@H](OC(=O)CCC)[C@H](O[Si](c2ccccc2)(c2ccccc2)C(C)(C)C)[C@H](OC(=O)CCC)[C@H](OP(=O)(OCc2ccccc2)OCc2ccccc2)[C@H]1OC(=O)CCC. The van der Waals surface area contributed by atoms with Crippen LogP contribution in [0.5, 0.6) is 0 Å². The van der Waals surface area contributed by atoms with Crippen LogP contribution in [-0.4, -0.2) is 68.8 Å². The van der Waals surface area contributed by atoms with E-state index in [2.05, 4.69) is 0 Å². The van der Waals surface area contributed by atoms with Crippen LogP contribution in [-0.2, 0) is 73.9 Å². The normalized spacial score (nSPS) is 19.8. The molecule has 15 heteroatoms. The minimum absolute atomic E-state index is 0.0333. The molecule has 1 aliphatic carbocycles. The first-order valence-corrected chi connectivity index (χ1v) is 26.8. The first kappa shape index (κ1) is 53.0. The van der Waals surface area contributed by atoms with Crippen molar-refractivity contribution < 1.29 is 60.7 Å². The van der Waals surface area contributed by atoms with Gasteiger partial charge in [-0.05, 0) is 52.2 Å². The Kier molecular flexibility index (Phi) is 20.1. The van der Waals surface area contributed by atoms with Gasteiger partial charge in [-0.25, -0.2) is 4.57 Å². The zero-order chi connectivity index (χ0) is 48.5. The van der Waals surface area contributed by atoms with Crippen molar-refractivity contribution in [2.24, 2.45) is 0 Å². The third-order valence-corrected chi connectivity index (χ3v) is 17.7. The number of esters is 4. The van der Waals surface area contributed by atoms with Gasteiger partial charge in [-0.1, -0.05) is 170 Å². The number of carbonyl (C=O) groups is 4. The molecule has 1 aliphatic rings. The van der Waals surface area contributed by atoms with Gasteiger partial charge in [0.05, 0.1) is 13.2 Å². The maximum absolute atomic E-state index is 15.5. The maximum Gasteiger partial charge on any atom is 0.475 e. The Bertz CT molecular complexity index is 2120. The number of carbonyl (C=O) groups excluding carboxylic acids is 4. The number of benzene rings is 4. The molecule has 0 amide bonds. The van der Waals surface area contributed by atoms with E-state index in [1.54, 1.807) is 62.4 Å². The van der Waals surface area contributed by atoms with E-state index in [-0.39, 0.29) is 38.9 Å². The lowest BCUT2D eigenvalue weighted by molar-refractivity contribution is -0.248. The van der Waals surface area contributed by atoms with Crippen LogP contribution in [0, 0.1) is 0 Å². The van der Waals surface area contributed by atoms with Crippen LogP contribution >= 0.6 is 7.82 Å². The highest BCUT2D eigenvalue weighted by atomic mass is 31.2. The van der Waals surface area contributed by atoms with E-state index in [4.69, 9.17) is 36.9 Å². The molecule has 1 saturated carbocycles. The molecule has 0 spiro atoms. The zero-order valence-corrected chi connectivity index (χ0v) is 41.7. The molecule has 6 atom stereocenters. The summed E-state index contributed by atoms with van der Waals surface area (Å²) in [6, 6.07) is 37.2. The Morgan fingerprint density at radius 2 is 0.761 bits per heavy atom.